The Morgan fingerprint density at radius 2 is 1.46 bits per heavy atom. The second-order valence-electron chi connectivity index (χ2n) is 19.0. The lowest BCUT2D eigenvalue weighted by molar-refractivity contribution is -0.295. The number of esters is 1. The van der Waals surface area contributed by atoms with Crippen LogP contribution in [-0.4, -0.2) is 166 Å². The van der Waals surface area contributed by atoms with Crippen molar-refractivity contribution in [3.8, 4) is 11.5 Å². The number of hydrogen-bond acceptors (Lipinski definition) is 17. The highest BCUT2D eigenvalue weighted by Crippen LogP contribution is 2.39. The fourth-order valence-corrected chi connectivity index (χ4v) is 9.12. The molecule has 0 amide bonds. The van der Waals surface area contributed by atoms with Crippen LogP contribution < -0.4 is 15.4 Å². The van der Waals surface area contributed by atoms with Crippen LogP contribution in [0.25, 0.3) is 0 Å². The maximum Gasteiger partial charge on any atom is 0.316 e. The Morgan fingerprint density at radius 1 is 0.838 bits per heavy atom. The molecule has 0 aliphatic carbocycles. The van der Waals surface area contributed by atoms with Gasteiger partial charge in [0, 0.05) is 57.1 Å². The fraction of sp³-hybridized carbons (Fsp3) is 0.706. The summed E-state index contributed by atoms with van der Waals surface area (Å²) in [7, 11) is 5.26. The summed E-state index contributed by atoms with van der Waals surface area (Å²) in [6.07, 6.45) is -5.14. The van der Waals surface area contributed by atoms with Crippen molar-refractivity contribution in [1.82, 2.24) is 15.5 Å². The molecule has 2 heterocycles. The van der Waals surface area contributed by atoms with Crippen LogP contribution in [-0.2, 0) is 49.4 Å². The number of cyclic esters (lactones) is 1. The van der Waals surface area contributed by atoms with Crippen molar-refractivity contribution >= 4 is 17.5 Å². The van der Waals surface area contributed by atoms with Crippen molar-refractivity contribution in [3.05, 3.63) is 60.2 Å². The molecule has 17 heteroatoms. The highest BCUT2D eigenvalue weighted by Gasteiger charge is 2.51. The Morgan fingerprint density at radius 3 is 2.07 bits per heavy atom. The van der Waals surface area contributed by atoms with Gasteiger partial charge in [-0.25, -0.2) is 0 Å². The molecule has 2 aromatic carbocycles. The predicted octanol–water partition coefficient (Wildman–Crippen LogP) is 4.73. The monoisotopic (exact) mass is 959 g/mol. The van der Waals surface area contributed by atoms with E-state index in [1.807, 2.05) is 87.4 Å². The minimum Gasteiger partial charge on any atom is -0.459 e. The van der Waals surface area contributed by atoms with Gasteiger partial charge in [0.15, 0.2) is 12.1 Å². The SMILES string of the molecule is CC[C@H]1OC(=O)[C@H](C)C(=O)[C@H](C)[C@@H](O[C@@H]2O[C@H](C)C[C@H](N(C)C)[C@H]2O)[C@@](C)(OC)C[C@@H](C)C(=NOCCNCCOCCOCCNCc2ccc(Oc3ccccc3)cc2)[C@H](C)[C@@H](O)[C@]1(C)O. The Labute approximate surface area is 404 Å². The van der Waals surface area contributed by atoms with Gasteiger partial charge in [-0.15, -0.1) is 0 Å². The van der Waals surface area contributed by atoms with Gasteiger partial charge in [-0.2, -0.15) is 0 Å². The summed E-state index contributed by atoms with van der Waals surface area (Å²) < 4.78 is 42.2. The number of nitrogens with zero attached hydrogens (tertiary/aromatic N) is 2. The Bertz CT molecular complexity index is 1820. The topological polar surface area (TPSA) is 208 Å². The van der Waals surface area contributed by atoms with E-state index in [1.54, 1.807) is 27.7 Å². The standard InChI is InChI=1S/C51H82N4O13/c1-12-42-51(8,60)46(58)35(4)43(54-64-27-24-52-22-25-62-28-29-63-26-23-53-32-38-18-20-40(21-19-38)66-39-16-14-13-15-17-39)33(2)31-50(7,61-11)47(36(5)44(56)37(6)48(59)67-42)68-49-45(57)41(55(9)10)30-34(3)65-49/h13-21,33-37,41-42,45-47,49,52-53,57-58,60H,12,22-32H2,1-11H3/t33-,34-,35+,36+,37-,41+,42-,45-,46-,47-,49+,50+,51-/m1/s1. The van der Waals surface area contributed by atoms with Gasteiger partial charge in [-0.05, 0) is 90.9 Å². The second kappa shape index (κ2) is 27.7. The number of ketones is 1. The minimum atomic E-state index is -1.93. The number of hydrogen-bond donors (Lipinski definition) is 5. The van der Waals surface area contributed by atoms with Crippen molar-refractivity contribution in [2.45, 2.75) is 135 Å². The second-order valence-corrected chi connectivity index (χ2v) is 19.0. The van der Waals surface area contributed by atoms with E-state index < -0.39 is 77.3 Å². The minimum absolute atomic E-state index is 0.163. The average Bonchev–Trinajstić information content (AvgIpc) is 3.32. The third-order valence-corrected chi connectivity index (χ3v) is 13.3. The molecule has 13 atom stereocenters. The molecule has 17 nitrogen and oxygen atoms in total. The summed E-state index contributed by atoms with van der Waals surface area (Å²) >= 11 is 0. The van der Waals surface area contributed by atoms with E-state index >= 15 is 0 Å². The van der Waals surface area contributed by atoms with Crippen LogP contribution in [0.3, 0.4) is 0 Å². The molecule has 4 rings (SSSR count). The first kappa shape index (κ1) is 57.0. The molecule has 2 aliphatic heterocycles. The van der Waals surface area contributed by atoms with Crippen LogP contribution in [0.5, 0.6) is 11.5 Å². The molecule has 0 radical (unpaired) electrons. The molecule has 0 saturated carbocycles. The molecule has 384 valence electrons. The summed E-state index contributed by atoms with van der Waals surface area (Å²) in [5.74, 6) is -3.19. The molecule has 2 saturated heterocycles. The van der Waals surface area contributed by atoms with Gasteiger partial charge >= 0.3 is 5.97 Å². The fourth-order valence-electron chi connectivity index (χ4n) is 9.12. The van der Waals surface area contributed by atoms with Gasteiger partial charge in [0.25, 0.3) is 0 Å². The highest BCUT2D eigenvalue weighted by molar-refractivity contribution is 6.00. The first-order valence-electron chi connectivity index (χ1n) is 24.3. The number of para-hydroxylation sites is 1. The number of aliphatic hydroxyl groups is 3. The lowest BCUT2D eigenvalue weighted by Gasteiger charge is -2.47. The van der Waals surface area contributed by atoms with Crippen molar-refractivity contribution in [2.24, 2.45) is 28.8 Å². The van der Waals surface area contributed by atoms with Crippen LogP contribution in [0.1, 0.15) is 80.2 Å². The van der Waals surface area contributed by atoms with E-state index in [9.17, 15) is 24.9 Å². The lowest BCUT2D eigenvalue weighted by Crippen LogP contribution is -2.60. The smallest absolute Gasteiger partial charge is 0.316 e. The first-order chi connectivity index (χ1) is 32.3. The number of aliphatic hydroxyl groups excluding tert-OH is 2. The van der Waals surface area contributed by atoms with Gasteiger partial charge in [0.05, 0.1) is 56.1 Å². The highest BCUT2D eigenvalue weighted by atomic mass is 16.7. The predicted molar refractivity (Wildman–Crippen MR) is 258 cm³/mol. The Balaban J connectivity index is 1.32. The largest absolute Gasteiger partial charge is 0.459 e. The van der Waals surface area contributed by atoms with Gasteiger partial charge in [-0.1, -0.05) is 63.2 Å². The molecular formula is C51H82N4O13. The van der Waals surface area contributed by atoms with Crippen molar-refractivity contribution in [1.29, 1.82) is 0 Å². The number of carbonyl (C=O) groups excluding carboxylic acids is 2. The maximum atomic E-state index is 14.2. The number of rotatable bonds is 22. The van der Waals surface area contributed by atoms with Crippen LogP contribution in [0.2, 0.25) is 0 Å². The molecule has 0 bridgehead atoms. The molecule has 5 N–H and O–H groups in total. The van der Waals surface area contributed by atoms with Crippen LogP contribution in [0.15, 0.2) is 59.8 Å². The zero-order chi connectivity index (χ0) is 50.0. The van der Waals surface area contributed by atoms with Gasteiger partial charge < -0.3 is 68.8 Å². The zero-order valence-electron chi connectivity index (χ0n) is 42.4. The van der Waals surface area contributed by atoms with E-state index in [-0.39, 0.29) is 31.6 Å². The zero-order valence-corrected chi connectivity index (χ0v) is 42.4. The quantitative estimate of drug-likeness (QED) is 0.0468. The normalized spacial score (nSPS) is 32.8. The maximum absolute atomic E-state index is 14.2. The molecule has 2 aromatic rings. The number of oxime groups is 1. The van der Waals surface area contributed by atoms with Crippen molar-refractivity contribution in [2.75, 3.05) is 73.9 Å². The summed E-state index contributed by atoms with van der Waals surface area (Å²) in [5, 5.41) is 46.4. The Kier molecular flexibility index (Phi) is 23.2. The molecule has 2 fully saturated rings. The molecule has 0 unspecified atom stereocenters. The van der Waals surface area contributed by atoms with Crippen LogP contribution in [0, 0.1) is 23.7 Å². The van der Waals surface area contributed by atoms with Gasteiger partial charge in [-0.3, -0.25) is 9.59 Å². The van der Waals surface area contributed by atoms with Crippen molar-refractivity contribution in [3.63, 3.8) is 0 Å². The average molecular weight is 959 g/mol. The van der Waals surface area contributed by atoms with E-state index in [1.165, 1.54) is 21.0 Å². The number of ether oxygens (including phenoxy) is 7. The summed E-state index contributed by atoms with van der Waals surface area (Å²) in [6.45, 7) is 18.2. The summed E-state index contributed by atoms with van der Waals surface area (Å²) in [4.78, 5) is 35.6. The number of Topliss-reactive ketones (excluding diaryl/α,β-unsaturated/α-hetero) is 1. The van der Waals surface area contributed by atoms with E-state index in [0.29, 0.717) is 58.2 Å². The summed E-state index contributed by atoms with van der Waals surface area (Å²) in [5.41, 5.74) is -1.60. The molecule has 2 aliphatic rings. The number of carbonyl (C=O) groups is 2. The van der Waals surface area contributed by atoms with Gasteiger partial charge in [0.1, 0.15) is 41.8 Å². The third-order valence-electron chi connectivity index (χ3n) is 13.3. The van der Waals surface area contributed by atoms with E-state index in [0.717, 1.165) is 23.6 Å². The third kappa shape index (κ3) is 16.2. The summed E-state index contributed by atoms with van der Waals surface area (Å²) in [6, 6.07) is 17.4. The number of likely N-dealkylation sites (N-methyl/N-ethyl adjacent to an activating group) is 1. The van der Waals surface area contributed by atoms with Crippen LogP contribution in [0.4, 0.5) is 0 Å². The van der Waals surface area contributed by atoms with Crippen molar-refractivity contribution < 1.29 is 62.9 Å². The van der Waals surface area contributed by atoms with Gasteiger partial charge in [0.2, 0.25) is 0 Å². The molecular weight excluding hydrogens is 877 g/mol. The molecule has 68 heavy (non-hydrogen) atoms. The number of nitrogens with one attached hydrogen (secondary N) is 2. The van der Waals surface area contributed by atoms with E-state index in [4.69, 9.17) is 38.0 Å². The Hall–Kier alpha value is -3.59. The number of benzene rings is 2. The van der Waals surface area contributed by atoms with E-state index in [2.05, 4.69) is 15.8 Å². The number of methoxy groups -OCH3 is 1. The molecule has 0 aromatic heterocycles. The first-order valence-corrected chi connectivity index (χ1v) is 24.3. The molecule has 0 spiro atoms. The van der Waals surface area contributed by atoms with Crippen LogP contribution >= 0.6 is 0 Å². The lowest BCUT2D eigenvalue weighted by atomic mass is 9.74.